The molecule has 20 heavy (non-hydrogen) atoms. The highest BCUT2D eigenvalue weighted by atomic mass is 32.2. The Morgan fingerprint density at radius 1 is 1.15 bits per heavy atom. The molecule has 1 N–H and O–H groups in total. The molecule has 5 nitrogen and oxygen atoms in total. The molecule has 2 aliphatic rings. The number of hydrogen-bond acceptors (Lipinski definition) is 3. The van der Waals surface area contributed by atoms with E-state index in [4.69, 9.17) is 0 Å². The third-order valence-corrected chi connectivity index (χ3v) is 6.10. The van der Waals surface area contributed by atoms with Crippen molar-refractivity contribution in [1.82, 2.24) is 13.9 Å². The molecule has 0 spiro atoms. The highest BCUT2D eigenvalue weighted by molar-refractivity contribution is 7.87. The average Bonchev–Trinajstić information content (AvgIpc) is 2.46. The van der Waals surface area contributed by atoms with Gasteiger partial charge in [-0.2, -0.15) is 12.7 Å². The van der Waals surface area contributed by atoms with Crippen molar-refractivity contribution in [3.8, 4) is 0 Å². The molecular formula is C14H29N3O2S. The van der Waals surface area contributed by atoms with Gasteiger partial charge in [-0.05, 0) is 45.1 Å². The zero-order chi connectivity index (χ0) is 14.6. The maximum absolute atomic E-state index is 12.2. The average molecular weight is 303 g/mol. The Kier molecular flexibility index (Phi) is 5.84. The highest BCUT2D eigenvalue weighted by Gasteiger charge is 2.26. The lowest BCUT2D eigenvalue weighted by Gasteiger charge is -2.36. The summed E-state index contributed by atoms with van der Waals surface area (Å²) in [7, 11) is -3.27. The van der Waals surface area contributed by atoms with Gasteiger partial charge >= 0.3 is 0 Å². The number of likely N-dealkylation sites (tertiary alicyclic amines) is 1. The lowest BCUT2D eigenvalue weighted by atomic mass is 9.99. The molecule has 0 radical (unpaired) electrons. The third kappa shape index (κ3) is 4.41. The summed E-state index contributed by atoms with van der Waals surface area (Å²) in [4.78, 5) is 2.41. The molecule has 2 atom stereocenters. The zero-order valence-corrected chi connectivity index (χ0v) is 13.7. The van der Waals surface area contributed by atoms with E-state index in [0.717, 1.165) is 38.3 Å². The molecule has 0 aliphatic carbocycles. The van der Waals surface area contributed by atoms with Crippen LogP contribution in [0.3, 0.4) is 0 Å². The first-order valence-corrected chi connectivity index (χ1v) is 9.42. The Hall–Kier alpha value is -0.170. The van der Waals surface area contributed by atoms with Gasteiger partial charge in [-0.1, -0.05) is 13.3 Å². The molecular weight excluding hydrogens is 274 g/mol. The molecule has 2 saturated heterocycles. The van der Waals surface area contributed by atoms with Crippen molar-refractivity contribution >= 4 is 10.2 Å². The van der Waals surface area contributed by atoms with E-state index in [9.17, 15) is 8.42 Å². The third-order valence-electron chi connectivity index (χ3n) is 4.53. The number of nitrogens with zero attached hydrogens (tertiary/aromatic N) is 2. The summed E-state index contributed by atoms with van der Waals surface area (Å²) >= 11 is 0. The van der Waals surface area contributed by atoms with E-state index in [0.29, 0.717) is 19.6 Å². The molecule has 0 unspecified atom stereocenters. The normalized spacial score (nSPS) is 28.4. The summed E-state index contributed by atoms with van der Waals surface area (Å²) in [5, 5.41) is 0. The Morgan fingerprint density at radius 3 is 2.50 bits per heavy atom. The van der Waals surface area contributed by atoms with Gasteiger partial charge in [0.1, 0.15) is 0 Å². The Bertz CT molecular complexity index is 393. The van der Waals surface area contributed by atoms with Gasteiger partial charge < -0.3 is 0 Å². The van der Waals surface area contributed by atoms with Crippen LogP contribution >= 0.6 is 0 Å². The molecule has 118 valence electrons. The molecule has 0 saturated carbocycles. The van der Waals surface area contributed by atoms with E-state index in [1.165, 1.54) is 12.8 Å². The van der Waals surface area contributed by atoms with Crippen LogP contribution in [0, 0.1) is 5.92 Å². The van der Waals surface area contributed by atoms with Crippen molar-refractivity contribution in [2.45, 2.75) is 52.0 Å². The van der Waals surface area contributed by atoms with Crippen molar-refractivity contribution in [2.24, 2.45) is 5.92 Å². The lowest BCUT2D eigenvalue weighted by Crippen LogP contribution is -2.50. The summed E-state index contributed by atoms with van der Waals surface area (Å²) in [5.74, 6) is 0.727. The standard InChI is InChI=1S/C14H29N3O2S/c1-13-7-6-8-16(12-13)14(2)11-15-20(18,19)17-9-4-3-5-10-17/h13-15H,3-12H2,1-2H3/t13-,14-/m0/s1. The van der Waals surface area contributed by atoms with Gasteiger partial charge in [0, 0.05) is 32.2 Å². The molecule has 0 amide bonds. The quantitative estimate of drug-likeness (QED) is 0.836. The summed E-state index contributed by atoms with van der Waals surface area (Å²) in [5.41, 5.74) is 0. The summed E-state index contributed by atoms with van der Waals surface area (Å²) in [6.45, 7) is 8.44. The molecule has 2 aliphatic heterocycles. The van der Waals surface area contributed by atoms with Gasteiger partial charge in [0.25, 0.3) is 10.2 Å². The van der Waals surface area contributed by atoms with Crippen LogP contribution in [0.5, 0.6) is 0 Å². The van der Waals surface area contributed by atoms with Crippen LogP contribution in [-0.2, 0) is 10.2 Å². The summed E-state index contributed by atoms with van der Waals surface area (Å²) in [6, 6.07) is 0.275. The van der Waals surface area contributed by atoms with Gasteiger partial charge in [-0.25, -0.2) is 4.72 Å². The largest absolute Gasteiger partial charge is 0.299 e. The van der Waals surface area contributed by atoms with E-state index in [-0.39, 0.29) is 6.04 Å². The maximum Gasteiger partial charge on any atom is 0.279 e. The second kappa shape index (κ2) is 7.20. The predicted molar refractivity (Wildman–Crippen MR) is 81.8 cm³/mol. The van der Waals surface area contributed by atoms with Crippen molar-refractivity contribution in [2.75, 3.05) is 32.7 Å². The van der Waals surface area contributed by atoms with Gasteiger partial charge in [0.05, 0.1) is 0 Å². The Balaban J connectivity index is 1.81. The van der Waals surface area contributed by atoms with Crippen LogP contribution in [0.25, 0.3) is 0 Å². The summed E-state index contributed by atoms with van der Waals surface area (Å²) in [6.07, 6.45) is 5.64. The SMILES string of the molecule is C[C@H]1CCCN([C@@H](C)CNS(=O)(=O)N2CCCCC2)C1. The van der Waals surface area contributed by atoms with E-state index >= 15 is 0 Å². The van der Waals surface area contributed by atoms with Gasteiger partial charge in [-0.3, -0.25) is 4.90 Å². The highest BCUT2D eigenvalue weighted by Crippen LogP contribution is 2.18. The fourth-order valence-corrected chi connectivity index (χ4v) is 4.55. The van der Waals surface area contributed by atoms with Crippen molar-refractivity contribution in [3.63, 3.8) is 0 Å². The fraction of sp³-hybridized carbons (Fsp3) is 1.00. The van der Waals surface area contributed by atoms with E-state index in [1.54, 1.807) is 4.31 Å². The van der Waals surface area contributed by atoms with Crippen LogP contribution < -0.4 is 4.72 Å². The molecule has 2 rings (SSSR count). The second-order valence-corrected chi connectivity index (χ2v) is 8.16. The van der Waals surface area contributed by atoms with Crippen LogP contribution in [0.2, 0.25) is 0 Å². The van der Waals surface area contributed by atoms with Gasteiger partial charge in [0.2, 0.25) is 0 Å². The maximum atomic E-state index is 12.2. The topological polar surface area (TPSA) is 52.7 Å². The number of nitrogens with one attached hydrogen (secondary N) is 1. The molecule has 2 heterocycles. The van der Waals surface area contributed by atoms with E-state index in [2.05, 4.69) is 23.5 Å². The smallest absolute Gasteiger partial charge is 0.279 e. The van der Waals surface area contributed by atoms with Crippen LogP contribution in [0.1, 0.15) is 46.0 Å². The van der Waals surface area contributed by atoms with Crippen molar-refractivity contribution in [1.29, 1.82) is 0 Å². The molecule has 0 aromatic rings. The predicted octanol–water partition coefficient (Wildman–Crippen LogP) is 1.43. The molecule has 6 heteroatoms. The minimum Gasteiger partial charge on any atom is -0.299 e. The lowest BCUT2D eigenvalue weighted by molar-refractivity contribution is 0.139. The first-order chi connectivity index (χ1) is 9.49. The van der Waals surface area contributed by atoms with Crippen LogP contribution in [0.15, 0.2) is 0 Å². The molecule has 2 fully saturated rings. The first kappa shape index (κ1) is 16.2. The Labute approximate surface area is 123 Å². The van der Waals surface area contributed by atoms with Crippen LogP contribution in [0.4, 0.5) is 0 Å². The zero-order valence-electron chi connectivity index (χ0n) is 12.8. The second-order valence-electron chi connectivity index (χ2n) is 6.40. The van der Waals surface area contributed by atoms with Crippen molar-refractivity contribution < 1.29 is 8.42 Å². The molecule has 0 aromatic heterocycles. The number of hydrogen-bond donors (Lipinski definition) is 1. The van der Waals surface area contributed by atoms with E-state index < -0.39 is 10.2 Å². The van der Waals surface area contributed by atoms with Gasteiger partial charge in [0.15, 0.2) is 0 Å². The Morgan fingerprint density at radius 2 is 1.85 bits per heavy atom. The van der Waals surface area contributed by atoms with E-state index in [1.807, 2.05) is 0 Å². The minimum atomic E-state index is -3.27. The molecule has 0 aromatic carbocycles. The van der Waals surface area contributed by atoms with Crippen molar-refractivity contribution in [3.05, 3.63) is 0 Å². The van der Waals surface area contributed by atoms with Gasteiger partial charge in [-0.15, -0.1) is 0 Å². The molecule has 0 bridgehead atoms. The summed E-state index contributed by atoms with van der Waals surface area (Å²) < 4.78 is 28.9. The number of rotatable bonds is 5. The minimum absolute atomic E-state index is 0.275. The monoisotopic (exact) mass is 303 g/mol. The fourth-order valence-electron chi connectivity index (χ4n) is 3.18. The number of piperidine rings is 2. The van der Waals surface area contributed by atoms with Crippen LogP contribution in [-0.4, -0.2) is 56.4 Å². The first-order valence-electron chi connectivity index (χ1n) is 7.98.